The van der Waals surface area contributed by atoms with Crippen LogP contribution in [0, 0.1) is 0 Å². The summed E-state index contributed by atoms with van der Waals surface area (Å²) in [5.41, 5.74) is 0. The summed E-state index contributed by atoms with van der Waals surface area (Å²) in [5.74, 6) is 0. The molecule has 0 aliphatic carbocycles. The molecule has 0 radical (unpaired) electrons. The fraction of sp³-hybridized carbons (Fsp3) is 1.00. The van der Waals surface area contributed by atoms with Crippen molar-refractivity contribution in [1.29, 1.82) is 0 Å². The van der Waals surface area contributed by atoms with Crippen LogP contribution in [0.2, 0.25) is 6.04 Å². The van der Waals surface area contributed by atoms with E-state index in [1.165, 1.54) is 32.1 Å². The van der Waals surface area contributed by atoms with Crippen molar-refractivity contribution in [3.8, 4) is 0 Å². The molecule has 2 unspecified atom stereocenters. The van der Waals surface area contributed by atoms with Crippen LogP contribution >= 0.6 is 0 Å². The maximum atomic E-state index is 7.57. The van der Waals surface area contributed by atoms with Crippen LogP contribution in [0.4, 0.5) is 0 Å². The van der Waals surface area contributed by atoms with E-state index in [1.54, 1.807) is 21.1 Å². The Labute approximate surface area is 136 Å². The highest BCUT2D eigenvalue weighted by atomic mass is 28.4. The summed E-state index contributed by atoms with van der Waals surface area (Å²) in [4.78, 5) is 0. The molecule has 22 heavy (non-hydrogen) atoms. The zero-order chi connectivity index (χ0) is 16.5. The molecule has 0 saturated carbocycles. The molecule has 2 aliphatic heterocycles. The Morgan fingerprint density at radius 3 is 2.32 bits per heavy atom. The van der Waals surface area contributed by atoms with Crippen molar-refractivity contribution >= 4 is 8.56 Å². The van der Waals surface area contributed by atoms with Crippen molar-refractivity contribution in [2.75, 3.05) is 34.5 Å². The average Bonchev–Trinajstić information content (AvgIpc) is 3.37. The van der Waals surface area contributed by atoms with Gasteiger partial charge in [-0.05, 0) is 32.2 Å². The van der Waals surface area contributed by atoms with Gasteiger partial charge in [-0.15, -0.1) is 0 Å². The number of methoxy groups -OCH3 is 1. The van der Waals surface area contributed by atoms with Gasteiger partial charge >= 0.3 is 8.56 Å². The lowest BCUT2D eigenvalue weighted by Gasteiger charge is -2.48. The van der Waals surface area contributed by atoms with E-state index in [1.807, 2.05) is 7.11 Å². The molecular formula is C16H34O5Si. The first-order valence-electron chi connectivity index (χ1n) is 8.51. The molecule has 0 bridgehead atoms. The summed E-state index contributed by atoms with van der Waals surface area (Å²) >= 11 is 0. The Bertz CT molecular complexity index is 294. The summed E-state index contributed by atoms with van der Waals surface area (Å²) in [6.07, 6.45) is 8.69. The molecule has 132 valence electrons. The van der Waals surface area contributed by atoms with Gasteiger partial charge in [0.2, 0.25) is 0 Å². The molecule has 2 atom stereocenters. The highest BCUT2D eigenvalue weighted by Gasteiger charge is 2.58. The topological polar surface area (TPSA) is 60.5 Å². The van der Waals surface area contributed by atoms with E-state index in [9.17, 15) is 0 Å². The van der Waals surface area contributed by atoms with Gasteiger partial charge in [-0.1, -0.05) is 25.7 Å². The quantitative estimate of drug-likeness (QED) is 0.420. The van der Waals surface area contributed by atoms with E-state index in [4.69, 9.17) is 23.4 Å². The summed E-state index contributed by atoms with van der Waals surface area (Å²) in [6, 6.07) is 1.06. The molecule has 6 heteroatoms. The number of unbranched alkanes of at least 4 members (excludes halogenated alkanes) is 1. The second-order valence-corrected chi connectivity index (χ2v) is 9.82. The number of aliphatic hydroxyl groups excluding tert-OH is 1. The maximum absolute atomic E-state index is 7.57. The third kappa shape index (κ3) is 5.01. The fourth-order valence-electron chi connectivity index (χ4n) is 3.54. The number of ether oxygens (including phenoxy) is 2. The lowest BCUT2D eigenvalue weighted by Crippen LogP contribution is -2.64. The molecule has 0 aromatic heterocycles. The van der Waals surface area contributed by atoms with Crippen LogP contribution in [0.1, 0.15) is 51.9 Å². The summed E-state index contributed by atoms with van der Waals surface area (Å²) in [7, 11) is 3.20. The van der Waals surface area contributed by atoms with Crippen LogP contribution in [0.5, 0.6) is 0 Å². The normalized spacial score (nSPS) is 29.6. The minimum absolute atomic E-state index is 0.154. The highest BCUT2D eigenvalue weighted by molar-refractivity contribution is 6.70. The standard InChI is InChI=1S/C14H28O4Si.C2H6O/c1-15-14(9-5-4-8-13-12-18-13)10-6-7-11-19(14,16-2)17-3;1-2-3/h13H,4-12H2,1-3H3;3H,2H2,1H3. The molecule has 2 saturated heterocycles. The largest absolute Gasteiger partial charge is 0.397 e. The lowest BCUT2D eigenvalue weighted by molar-refractivity contribution is -0.0161. The molecule has 0 aromatic carbocycles. The van der Waals surface area contributed by atoms with Gasteiger partial charge in [0.25, 0.3) is 0 Å². The van der Waals surface area contributed by atoms with Crippen molar-refractivity contribution in [3.05, 3.63) is 0 Å². The Balaban J connectivity index is 0.000000745. The van der Waals surface area contributed by atoms with Gasteiger partial charge in [0.15, 0.2) is 0 Å². The van der Waals surface area contributed by atoms with E-state index >= 15 is 0 Å². The smallest absolute Gasteiger partial charge is 0.370 e. The van der Waals surface area contributed by atoms with Crippen LogP contribution < -0.4 is 0 Å². The van der Waals surface area contributed by atoms with Gasteiger partial charge < -0.3 is 23.4 Å². The molecule has 1 N–H and O–H groups in total. The Kier molecular flexibility index (Phi) is 9.12. The van der Waals surface area contributed by atoms with Gasteiger partial charge in [-0.25, -0.2) is 0 Å². The second-order valence-electron chi connectivity index (χ2n) is 6.08. The van der Waals surface area contributed by atoms with Crippen molar-refractivity contribution < 1.29 is 23.4 Å². The molecule has 2 heterocycles. The Morgan fingerprint density at radius 2 is 1.82 bits per heavy atom. The second kappa shape index (κ2) is 10.0. The summed E-state index contributed by atoms with van der Waals surface area (Å²) in [6.45, 7) is 2.89. The summed E-state index contributed by atoms with van der Waals surface area (Å²) in [5, 5.41) is 7.42. The van der Waals surface area contributed by atoms with Crippen molar-refractivity contribution in [2.24, 2.45) is 0 Å². The first-order chi connectivity index (χ1) is 10.6. The van der Waals surface area contributed by atoms with E-state index in [0.29, 0.717) is 6.10 Å². The summed E-state index contributed by atoms with van der Waals surface area (Å²) < 4.78 is 23.0. The third-order valence-corrected chi connectivity index (χ3v) is 9.26. The molecular weight excluding hydrogens is 300 g/mol. The molecule has 2 rings (SSSR count). The van der Waals surface area contributed by atoms with Crippen LogP contribution in [0.3, 0.4) is 0 Å². The van der Waals surface area contributed by atoms with Crippen molar-refractivity contribution in [1.82, 2.24) is 0 Å². The highest BCUT2D eigenvalue weighted by Crippen LogP contribution is 2.43. The molecule has 2 fully saturated rings. The lowest BCUT2D eigenvalue weighted by atomic mass is 10.0. The molecule has 5 nitrogen and oxygen atoms in total. The zero-order valence-corrected chi connectivity index (χ0v) is 15.7. The van der Waals surface area contributed by atoms with E-state index in [-0.39, 0.29) is 11.8 Å². The predicted octanol–water partition coefficient (Wildman–Crippen LogP) is 2.79. The minimum Gasteiger partial charge on any atom is -0.397 e. The van der Waals surface area contributed by atoms with Crippen LogP contribution in [0.25, 0.3) is 0 Å². The molecule has 0 spiro atoms. The SMILES string of the molecule is CCO.COC1(CCCCC2CO2)CCCC[Si]1(OC)OC. The average molecular weight is 335 g/mol. The predicted molar refractivity (Wildman–Crippen MR) is 89.1 cm³/mol. The van der Waals surface area contributed by atoms with E-state index < -0.39 is 8.56 Å². The monoisotopic (exact) mass is 334 g/mol. The number of rotatable bonds is 8. The number of hydrogen-bond acceptors (Lipinski definition) is 5. The third-order valence-electron chi connectivity index (χ3n) is 4.84. The van der Waals surface area contributed by atoms with Gasteiger partial charge in [-0.2, -0.15) is 0 Å². The molecule has 0 aromatic rings. The maximum Gasteiger partial charge on any atom is 0.370 e. The van der Waals surface area contributed by atoms with Crippen LogP contribution in [-0.2, 0) is 18.3 Å². The van der Waals surface area contributed by atoms with Gasteiger partial charge in [-0.3, -0.25) is 0 Å². The molecule has 2 aliphatic rings. The van der Waals surface area contributed by atoms with Gasteiger partial charge in [0.1, 0.15) is 5.22 Å². The fourth-order valence-corrected chi connectivity index (χ4v) is 7.45. The Morgan fingerprint density at radius 1 is 1.18 bits per heavy atom. The zero-order valence-electron chi connectivity index (χ0n) is 14.7. The number of hydrogen-bond donors (Lipinski definition) is 1. The van der Waals surface area contributed by atoms with Crippen LogP contribution in [0.15, 0.2) is 0 Å². The minimum atomic E-state index is -2.23. The van der Waals surface area contributed by atoms with Gasteiger partial charge in [0.05, 0.1) is 12.7 Å². The number of epoxide rings is 1. The van der Waals surface area contributed by atoms with Crippen molar-refractivity contribution in [3.63, 3.8) is 0 Å². The first kappa shape index (κ1) is 20.1. The Hall–Kier alpha value is 0.0169. The van der Waals surface area contributed by atoms with Crippen molar-refractivity contribution in [2.45, 2.75) is 69.2 Å². The molecule has 0 amide bonds. The van der Waals surface area contributed by atoms with E-state index in [0.717, 1.165) is 25.5 Å². The number of aliphatic hydroxyl groups is 1. The first-order valence-corrected chi connectivity index (χ1v) is 10.5. The van der Waals surface area contributed by atoms with E-state index in [2.05, 4.69) is 0 Å². The van der Waals surface area contributed by atoms with Crippen LogP contribution in [-0.4, -0.2) is 59.5 Å². The van der Waals surface area contributed by atoms with Gasteiger partial charge in [0, 0.05) is 27.9 Å².